The molecule has 3 rings (SSSR count). The maximum Gasteiger partial charge on any atom is 0.219 e. The van der Waals surface area contributed by atoms with Crippen LogP contribution in [-0.4, -0.2) is 33.6 Å². The summed E-state index contributed by atoms with van der Waals surface area (Å²) in [4.78, 5) is 10.6. The molecule has 0 saturated carbocycles. The first-order valence-electron chi connectivity index (χ1n) is 7.70. The normalized spacial score (nSPS) is 11.8. The van der Waals surface area contributed by atoms with Gasteiger partial charge in [-0.15, -0.1) is 0 Å². The molecule has 0 unspecified atom stereocenters. The van der Waals surface area contributed by atoms with Crippen LogP contribution in [-0.2, 0) is 0 Å². The number of hydrogen-bond donors (Lipinski definition) is 1. The molecule has 0 bridgehead atoms. The van der Waals surface area contributed by atoms with Crippen molar-refractivity contribution in [3.63, 3.8) is 0 Å². The number of allylic oxidation sites excluding steroid dienone is 2. The highest BCUT2D eigenvalue weighted by Crippen LogP contribution is 2.18. The molecule has 122 valence electrons. The summed E-state index contributed by atoms with van der Waals surface area (Å²) in [6, 6.07) is 8.33. The topological polar surface area (TPSA) is 53.7 Å². The van der Waals surface area contributed by atoms with Crippen molar-refractivity contribution in [3.8, 4) is 5.88 Å². The fraction of sp³-hybridized carbons (Fsp3) is 0.158. The monoisotopic (exact) mass is 320 g/mol. The lowest BCUT2D eigenvalue weighted by molar-refractivity contribution is 0.444. The van der Waals surface area contributed by atoms with Crippen molar-refractivity contribution in [2.45, 2.75) is 6.92 Å². The number of aromatic nitrogens is 3. The average Bonchev–Trinajstić information content (AvgIpc) is 2.86. The van der Waals surface area contributed by atoms with Gasteiger partial charge in [-0.2, -0.15) is 0 Å². The summed E-state index contributed by atoms with van der Waals surface area (Å²) in [5.74, 6) is 0.151. The molecule has 3 aromatic rings. The molecule has 0 radical (unpaired) electrons. The largest absolute Gasteiger partial charge is 0.493 e. The number of aromatic hydroxyl groups is 1. The van der Waals surface area contributed by atoms with E-state index in [9.17, 15) is 5.11 Å². The van der Waals surface area contributed by atoms with Gasteiger partial charge >= 0.3 is 0 Å². The van der Waals surface area contributed by atoms with E-state index >= 15 is 0 Å². The maximum absolute atomic E-state index is 9.94. The van der Waals surface area contributed by atoms with Crippen molar-refractivity contribution in [1.82, 2.24) is 14.4 Å². The highest BCUT2D eigenvalue weighted by molar-refractivity contribution is 5.59. The van der Waals surface area contributed by atoms with Crippen LogP contribution in [0.25, 0.3) is 17.8 Å². The second kappa shape index (κ2) is 6.58. The van der Waals surface area contributed by atoms with Crippen LogP contribution in [0.1, 0.15) is 17.0 Å². The minimum Gasteiger partial charge on any atom is -0.493 e. The van der Waals surface area contributed by atoms with Gasteiger partial charge in [0.1, 0.15) is 5.69 Å². The van der Waals surface area contributed by atoms with Crippen LogP contribution in [0.4, 0.5) is 5.69 Å². The lowest BCUT2D eigenvalue weighted by Gasteiger charge is -2.11. The number of benzene rings is 1. The Morgan fingerprint density at radius 2 is 1.79 bits per heavy atom. The first-order valence-corrected chi connectivity index (χ1v) is 7.70. The van der Waals surface area contributed by atoms with Gasteiger partial charge in [0.2, 0.25) is 5.88 Å². The van der Waals surface area contributed by atoms with Crippen LogP contribution < -0.4 is 4.90 Å². The molecule has 0 atom stereocenters. The Bertz CT molecular complexity index is 905. The molecule has 0 fully saturated rings. The van der Waals surface area contributed by atoms with Gasteiger partial charge in [0, 0.05) is 26.0 Å². The zero-order valence-electron chi connectivity index (χ0n) is 14.0. The number of hydrogen-bond acceptors (Lipinski definition) is 4. The van der Waals surface area contributed by atoms with Crippen molar-refractivity contribution in [1.29, 1.82) is 0 Å². The summed E-state index contributed by atoms with van der Waals surface area (Å²) in [6.07, 6.45) is 11.2. The van der Waals surface area contributed by atoms with Crippen LogP contribution in [0.15, 0.2) is 48.8 Å². The molecule has 0 aliphatic rings. The summed E-state index contributed by atoms with van der Waals surface area (Å²) < 4.78 is 1.63. The van der Waals surface area contributed by atoms with E-state index in [4.69, 9.17) is 0 Å². The van der Waals surface area contributed by atoms with Crippen LogP contribution >= 0.6 is 0 Å². The highest BCUT2D eigenvalue weighted by Gasteiger charge is 2.06. The standard InChI is InChI=1S/C19H20N4O/c1-14-19(24)23-13-16(20-12-18(23)21-14)7-5-4-6-15-8-10-17(11-9-15)22(2)3/h4-13,24H,1-3H3/b6-4+,7-5+. The van der Waals surface area contributed by atoms with Gasteiger partial charge in [-0.05, 0) is 30.7 Å². The Balaban J connectivity index is 1.72. The highest BCUT2D eigenvalue weighted by atomic mass is 16.3. The summed E-state index contributed by atoms with van der Waals surface area (Å²) in [6.45, 7) is 1.77. The molecule has 2 heterocycles. The van der Waals surface area contributed by atoms with Gasteiger partial charge in [0.15, 0.2) is 5.65 Å². The van der Waals surface area contributed by atoms with E-state index in [1.165, 1.54) is 5.69 Å². The van der Waals surface area contributed by atoms with E-state index in [0.717, 1.165) is 11.3 Å². The molecule has 1 aromatic carbocycles. The number of rotatable bonds is 4. The number of anilines is 1. The Hall–Kier alpha value is -3.08. The van der Waals surface area contributed by atoms with Gasteiger partial charge < -0.3 is 10.0 Å². The first-order chi connectivity index (χ1) is 11.5. The van der Waals surface area contributed by atoms with E-state index in [0.29, 0.717) is 11.3 Å². The molecule has 1 N–H and O–H groups in total. The molecule has 24 heavy (non-hydrogen) atoms. The van der Waals surface area contributed by atoms with Gasteiger partial charge in [0.05, 0.1) is 11.9 Å². The van der Waals surface area contributed by atoms with Crippen molar-refractivity contribution >= 4 is 23.5 Å². The summed E-state index contributed by atoms with van der Waals surface area (Å²) in [7, 11) is 4.05. The lowest BCUT2D eigenvalue weighted by Crippen LogP contribution is -2.07. The van der Waals surface area contributed by atoms with Crippen LogP contribution in [0, 0.1) is 6.92 Å². The predicted octanol–water partition coefficient (Wildman–Crippen LogP) is 3.54. The Kier molecular flexibility index (Phi) is 4.33. The summed E-state index contributed by atoms with van der Waals surface area (Å²) in [5, 5.41) is 9.94. The van der Waals surface area contributed by atoms with Crippen LogP contribution in [0.2, 0.25) is 0 Å². The van der Waals surface area contributed by atoms with E-state index in [2.05, 4.69) is 39.1 Å². The predicted molar refractivity (Wildman–Crippen MR) is 98.2 cm³/mol. The minimum absolute atomic E-state index is 0.151. The molecule has 0 saturated heterocycles. The Morgan fingerprint density at radius 3 is 2.50 bits per heavy atom. The lowest BCUT2D eigenvalue weighted by atomic mass is 10.2. The maximum atomic E-state index is 9.94. The van der Waals surface area contributed by atoms with E-state index in [1.807, 2.05) is 38.4 Å². The zero-order valence-corrected chi connectivity index (χ0v) is 14.0. The third-order valence-corrected chi connectivity index (χ3v) is 3.75. The van der Waals surface area contributed by atoms with Gasteiger partial charge in [-0.1, -0.05) is 30.4 Å². The molecule has 5 heteroatoms. The number of fused-ring (bicyclic) bond motifs is 1. The second-order valence-corrected chi connectivity index (χ2v) is 5.77. The second-order valence-electron chi connectivity index (χ2n) is 5.77. The Labute approximate surface area is 141 Å². The fourth-order valence-corrected chi connectivity index (χ4v) is 2.37. The van der Waals surface area contributed by atoms with Gasteiger partial charge in [-0.3, -0.25) is 9.38 Å². The quantitative estimate of drug-likeness (QED) is 0.747. The van der Waals surface area contributed by atoms with Gasteiger partial charge in [-0.25, -0.2) is 4.98 Å². The third-order valence-electron chi connectivity index (χ3n) is 3.75. The van der Waals surface area contributed by atoms with Crippen LogP contribution in [0.3, 0.4) is 0 Å². The van der Waals surface area contributed by atoms with Crippen molar-refractivity contribution in [2.75, 3.05) is 19.0 Å². The van der Waals surface area contributed by atoms with Crippen molar-refractivity contribution < 1.29 is 5.11 Å². The minimum atomic E-state index is 0.151. The van der Waals surface area contributed by atoms with Crippen molar-refractivity contribution in [3.05, 3.63) is 65.8 Å². The molecular weight excluding hydrogens is 300 g/mol. The molecular formula is C19H20N4O. The number of nitrogens with zero attached hydrogens (tertiary/aromatic N) is 4. The zero-order chi connectivity index (χ0) is 17.1. The van der Waals surface area contributed by atoms with Gasteiger partial charge in [0.25, 0.3) is 0 Å². The van der Waals surface area contributed by atoms with E-state index in [-0.39, 0.29) is 5.88 Å². The molecule has 0 amide bonds. The van der Waals surface area contributed by atoms with E-state index in [1.54, 1.807) is 23.7 Å². The molecule has 0 spiro atoms. The van der Waals surface area contributed by atoms with E-state index < -0.39 is 0 Å². The summed E-state index contributed by atoms with van der Waals surface area (Å²) in [5.41, 5.74) is 4.30. The smallest absolute Gasteiger partial charge is 0.219 e. The third kappa shape index (κ3) is 3.30. The molecule has 0 aliphatic heterocycles. The molecule has 0 aliphatic carbocycles. The fourth-order valence-electron chi connectivity index (χ4n) is 2.37. The average molecular weight is 320 g/mol. The number of aryl methyl sites for hydroxylation is 1. The first kappa shape index (κ1) is 15.8. The summed E-state index contributed by atoms with van der Waals surface area (Å²) >= 11 is 0. The SMILES string of the molecule is Cc1nc2cnc(/C=C/C=C/c3ccc(N(C)C)cc3)cn2c1O. The number of imidazole rings is 1. The van der Waals surface area contributed by atoms with Crippen molar-refractivity contribution in [2.24, 2.45) is 0 Å². The van der Waals surface area contributed by atoms with Crippen LogP contribution in [0.5, 0.6) is 5.88 Å². The Morgan fingerprint density at radius 1 is 1.08 bits per heavy atom. The molecule has 5 nitrogen and oxygen atoms in total. The molecule has 2 aromatic heterocycles.